The number of aliphatic hydroxyl groups is 1. The smallest absolute Gasteiger partial charge is 0.276 e. The molecule has 0 radical (unpaired) electrons. The summed E-state index contributed by atoms with van der Waals surface area (Å²) in [5.41, 5.74) is 0.825. The van der Waals surface area contributed by atoms with Crippen LogP contribution in [0, 0.1) is 10.1 Å². The van der Waals surface area contributed by atoms with Crippen LogP contribution in [-0.2, 0) is 6.42 Å². The van der Waals surface area contributed by atoms with Crippen LogP contribution < -0.4 is 9.47 Å². The number of aliphatic hydroxyl groups excluding tert-OH is 1. The molecule has 0 bridgehead atoms. The SMILES string of the molecule is COc1cc(CC(O)c2cccnc2)c([N+](=O)[O-])cc1OC. The van der Waals surface area contributed by atoms with Crippen molar-refractivity contribution in [2.24, 2.45) is 0 Å². The number of aromatic nitrogens is 1. The van der Waals surface area contributed by atoms with Gasteiger partial charge in [0.25, 0.3) is 5.69 Å². The van der Waals surface area contributed by atoms with Crippen molar-refractivity contribution >= 4 is 5.69 Å². The lowest BCUT2D eigenvalue weighted by Gasteiger charge is -2.13. The largest absolute Gasteiger partial charge is 0.493 e. The fourth-order valence-electron chi connectivity index (χ4n) is 2.14. The Hall–Kier alpha value is -2.67. The fraction of sp³-hybridized carbons (Fsp3) is 0.267. The molecule has 1 unspecified atom stereocenters. The number of ether oxygens (including phenoxy) is 2. The lowest BCUT2D eigenvalue weighted by Crippen LogP contribution is -2.06. The number of pyridine rings is 1. The molecule has 22 heavy (non-hydrogen) atoms. The summed E-state index contributed by atoms with van der Waals surface area (Å²) >= 11 is 0. The zero-order valence-electron chi connectivity index (χ0n) is 12.2. The Morgan fingerprint density at radius 1 is 1.32 bits per heavy atom. The van der Waals surface area contributed by atoms with Crippen molar-refractivity contribution in [2.45, 2.75) is 12.5 Å². The highest BCUT2D eigenvalue weighted by molar-refractivity contribution is 5.54. The van der Waals surface area contributed by atoms with Crippen molar-refractivity contribution in [1.82, 2.24) is 4.98 Å². The molecule has 2 aromatic rings. The molecule has 0 aliphatic rings. The Balaban J connectivity index is 2.38. The molecule has 0 amide bonds. The molecule has 0 saturated carbocycles. The number of rotatable bonds is 6. The third kappa shape index (κ3) is 3.32. The third-order valence-electron chi connectivity index (χ3n) is 3.26. The molecule has 0 aliphatic carbocycles. The van der Waals surface area contributed by atoms with Crippen LogP contribution in [0.5, 0.6) is 11.5 Å². The summed E-state index contributed by atoms with van der Waals surface area (Å²) in [5.74, 6) is 0.648. The molecule has 116 valence electrons. The van der Waals surface area contributed by atoms with Crippen molar-refractivity contribution in [2.75, 3.05) is 14.2 Å². The van der Waals surface area contributed by atoms with Gasteiger partial charge in [-0.2, -0.15) is 0 Å². The van der Waals surface area contributed by atoms with Gasteiger partial charge in [-0.3, -0.25) is 15.1 Å². The first-order chi connectivity index (χ1) is 10.6. The highest BCUT2D eigenvalue weighted by Gasteiger charge is 2.22. The number of benzene rings is 1. The average molecular weight is 304 g/mol. The maximum Gasteiger partial charge on any atom is 0.276 e. The molecule has 7 heteroatoms. The van der Waals surface area contributed by atoms with E-state index in [4.69, 9.17) is 9.47 Å². The van der Waals surface area contributed by atoms with Gasteiger partial charge in [0.15, 0.2) is 11.5 Å². The van der Waals surface area contributed by atoms with Gasteiger partial charge in [-0.05, 0) is 17.7 Å². The van der Waals surface area contributed by atoms with Crippen LogP contribution in [0.25, 0.3) is 0 Å². The average Bonchev–Trinajstić information content (AvgIpc) is 2.54. The van der Waals surface area contributed by atoms with Crippen LogP contribution in [0.4, 0.5) is 5.69 Å². The molecule has 1 aromatic heterocycles. The van der Waals surface area contributed by atoms with Crippen molar-refractivity contribution in [1.29, 1.82) is 0 Å². The summed E-state index contributed by atoms with van der Waals surface area (Å²) in [6.07, 6.45) is 2.29. The Labute approximate surface area is 127 Å². The number of hydrogen-bond acceptors (Lipinski definition) is 6. The molecule has 0 saturated heterocycles. The fourth-order valence-corrected chi connectivity index (χ4v) is 2.14. The van der Waals surface area contributed by atoms with E-state index in [2.05, 4.69) is 4.98 Å². The van der Waals surface area contributed by atoms with Gasteiger partial charge in [0.1, 0.15) is 0 Å². The number of nitro benzene ring substituents is 1. The van der Waals surface area contributed by atoms with Gasteiger partial charge in [0, 0.05) is 24.4 Å². The molecule has 1 atom stereocenters. The first-order valence-electron chi connectivity index (χ1n) is 6.54. The molecular weight excluding hydrogens is 288 g/mol. The minimum Gasteiger partial charge on any atom is -0.493 e. The van der Waals surface area contributed by atoms with Crippen molar-refractivity contribution in [3.63, 3.8) is 0 Å². The highest BCUT2D eigenvalue weighted by Crippen LogP contribution is 2.36. The second-order valence-corrected chi connectivity index (χ2v) is 4.60. The van der Waals surface area contributed by atoms with Crippen molar-refractivity contribution < 1.29 is 19.5 Å². The van der Waals surface area contributed by atoms with Crippen molar-refractivity contribution in [3.8, 4) is 11.5 Å². The number of methoxy groups -OCH3 is 2. The number of hydrogen-bond donors (Lipinski definition) is 1. The van der Waals surface area contributed by atoms with Gasteiger partial charge in [-0.1, -0.05) is 6.07 Å². The lowest BCUT2D eigenvalue weighted by molar-refractivity contribution is -0.385. The van der Waals surface area contributed by atoms with E-state index in [0.29, 0.717) is 16.9 Å². The second-order valence-electron chi connectivity index (χ2n) is 4.60. The summed E-state index contributed by atoms with van der Waals surface area (Å²) in [5, 5.41) is 21.5. The van der Waals surface area contributed by atoms with E-state index >= 15 is 0 Å². The molecular formula is C15H16N2O5. The Kier molecular flexibility index (Phi) is 4.90. The highest BCUT2D eigenvalue weighted by atomic mass is 16.6. The normalized spacial score (nSPS) is 11.8. The molecule has 1 N–H and O–H groups in total. The summed E-state index contributed by atoms with van der Waals surface area (Å²) in [4.78, 5) is 14.6. The molecule has 7 nitrogen and oxygen atoms in total. The van der Waals surface area contributed by atoms with Crippen LogP contribution in [0.1, 0.15) is 17.2 Å². The standard InChI is InChI=1S/C15H16N2O5/c1-21-14-7-11(12(17(19)20)8-15(14)22-2)6-13(18)10-4-3-5-16-9-10/h3-5,7-9,13,18H,6H2,1-2H3. The molecule has 2 rings (SSSR count). The van der Waals surface area contributed by atoms with Gasteiger partial charge < -0.3 is 14.6 Å². The molecule has 0 spiro atoms. The van der Waals surface area contributed by atoms with Gasteiger partial charge in [-0.25, -0.2) is 0 Å². The Morgan fingerprint density at radius 3 is 2.55 bits per heavy atom. The summed E-state index contributed by atoms with van der Waals surface area (Å²) in [6, 6.07) is 6.21. The zero-order valence-corrected chi connectivity index (χ0v) is 12.2. The Morgan fingerprint density at radius 2 is 2.00 bits per heavy atom. The molecule has 1 aromatic carbocycles. The Bertz CT molecular complexity index is 660. The van der Waals surface area contributed by atoms with Crippen LogP contribution in [-0.4, -0.2) is 29.2 Å². The topological polar surface area (TPSA) is 94.7 Å². The van der Waals surface area contributed by atoms with Gasteiger partial charge in [-0.15, -0.1) is 0 Å². The van der Waals surface area contributed by atoms with Crippen LogP contribution in [0.3, 0.4) is 0 Å². The van der Waals surface area contributed by atoms with Crippen LogP contribution in [0.2, 0.25) is 0 Å². The van der Waals surface area contributed by atoms with E-state index in [9.17, 15) is 15.2 Å². The monoisotopic (exact) mass is 304 g/mol. The third-order valence-corrected chi connectivity index (χ3v) is 3.26. The molecule has 1 heterocycles. The van der Waals surface area contributed by atoms with Crippen LogP contribution >= 0.6 is 0 Å². The van der Waals surface area contributed by atoms with Crippen LogP contribution in [0.15, 0.2) is 36.7 Å². The number of nitrogens with zero attached hydrogens (tertiary/aromatic N) is 2. The lowest BCUT2D eigenvalue weighted by atomic mass is 10.0. The summed E-state index contributed by atoms with van der Waals surface area (Å²) < 4.78 is 10.2. The van der Waals surface area contributed by atoms with E-state index < -0.39 is 11.0 Å². The summed E-state index contributed by atoms with van der Waals surface area (Å²) in [6.45, 7) is 0. The first-order valence-corrected chi connectivity index (χ1v) is 6.54. The molecule has 0 fully saturated rings. The second kappa shape index (κ2) is 6.86. The maximum absolute atomic E-state index is 11.2. The number of nitro groups is 1. The quantitative estimate of drug-likeness (QED) is 0.650. The van der Waals surface area contributed by atoms with Gasteiger partial charge in [0.2, 0.25) is 0 Å². The van der Waals surface area contributed by atoms with E-state index in [-0.39, 0.29) is 17.9 Å². The van der Waals surface area contributed by atoms with Gasteiger partial charge in [0.05, 0.1) is 31.3 Å². The predicted molar refractivity (Wildman–Crippen MR) is 79.1 cm³/mol. The van der Waals surface area contributed by atoms with E-state index in [1.54, 1.807) is 18.3 Å². The van der Waals surface area contributed by atoms with E-state index in [0.717, 1.165) is 0 Å². The van der Waals surface area contributed by atoms with Gasteiger partial charge >= 0.3 is 0 Å². The minimum absolute atomic E-state index is 0.0718. The van der Waals surface area contributed by atoms with E-state index in [1.165, 1.54) is 32.5 Å². The minimum atomic E-state index is -0.898. The predicted octanol–water partition coefficient (Wildman–Crippen LogP) is 2.28. The maximum atomic E-state index is 11.2. The van der Waals surface area contributed by atoms with Crippen molar-refractivity contribution in [3.05, 3.63) is 57.9 Å². The zero-order chi connectivity index (χ0) is 16.1. The molecule has 0 aliphatic heterocycles. The summed E-state index contributed by atoms with van der Waals surface area (Å²) in [7, 11) is 2.86. The van der Waals surface area contributed by atoms with E-state index in [1.807, 2.05) is 0 Å². The first kappa shape index (κ1) is 15.7.